The maximum atomic E-state index is 12.8. The zero-order valence-corrected chi connectivity index (χ0v) is 11.3. The Morgan fingerprint density at radius 2 is 1.82 bits per heavy atom. The number of carbonyl (C=O) groups excluding carboxylic acids is 1. The third-order valence-corrected chi connectivity index (χ3v) is 3.39. The Labute approximate surface area is 124 Å². The number of fused-ring (bicyclic) bond motifs is 1. The molecular formula is C16H11F3N2O. The molecule has 0 spiro atoms. The van der Waals surface area contributed by atoms with Crippen LogP contribution in [-0.2, 0) is 12.6 Å². The van der Waals surface area contributed by atoms with Gasteiger partial charge >= 0.3 is 6.18 Å². The fourth-order valence-corrected chi connectivity index (χ4v) is 2.32. The summed E-state index contributed by atoms with van der Waals surface area (Å²) in [6, 6.07) is 11.6. The number of rotatable bonds is 3. The first kappa shape index (κ1) is 14.3. The van der Waals surface area contributed by atoms with E-state index >= 15 is 0 Å². The summed E-state index contributed by atoms with van der Waals surface area (Å²) in [6.45, 7) is 0. The monoisotopic (exact) mass is 304 g/mol. The minimum atomic E-state index is -4.46. The van der Waals surface area contributed by atoms with Gasteiger partial charge in [0.05, 0.1) is 11.3 Å². The van der Waals surface area contributed by atoms with E-state index in [0.29, 0.717) is 24.0 Å². The van der Waals surface area contributed by atoms with E-state index in [4.69, 9.17) is 0 Å². The highest BCUT2D eigenvalue weighted by Gasteiger charge is 2.31. The van der Waals surface area contributed by atoms with E-state index in [2.05, 4.69) is 4.98 Å². The SMILES string of the molecule is O=Cc1c(Cc2ccccc2)nc2ccc(C(F)(F)F)cn12. The molecule has 0 unspecified atom stereocenters. The molecule has 0 aliphatic heterocycles. The zero-order valence-electron chi connectivity index (χ0n) is 11.3. The molecule has 112 valence electrons. The van der Waals surface area contributed by atoms with Crippen molar-refractivity contribution in [3.63, 3.8) is 0 Å². The average molecular weight is 304 g/mol. The van der Waals surface area contributed by atoms with E-state index in [1.165, 1.54) is 10.5 Å². The third-order valence-electron chi connectivity index (χ3n) is 3.39. The Hall–Kier alpha value is -2.63. The highest BCUT2D eigenvalue weighted by atomic mass is 19.4. The lowest BCUT2D eigenvalue weighted by Gasteiger charge is -2.06. The summed E-state index contributed by atoms with van der Waals surface area (Å²) in [5.41, 5.74) is 1.04. The molecule has 0 aliphatic carbocycles. The van der Waals surface area contributed by atoms with Gasteiger partial charge in [0.15, 0.2) is 6.29 Å². The van der Waals surface area contributed by atoms with Crippen LogP contribution in [0.25, 0.3) is 5.65 Å². The van der Waals surface area contributed by atoms with Crippen molar-refractivity contribution in [3.05, 3.63) is 71.2 Å². The maximum absolute atomic E-state index is 12.8. The molecule has 3 aromatic rings. The van der Waals surface area contributed by atoms with Crippen molar-refractivity contribution in [2.75, 3.05) is 0 Å². The van der Waals surface area contributed by atoms with Crippen molar-refractivity contribution in [1.82, 2.24) is 9.38 Å². The van der Waals surface area contributed by atoms with E-state index < -0.39 is 11.7 Å². The highest BCUT2D eigenvalue weighted by molar-refractivity contribution is 5.76. The Kier molecular flexibility index (Phi) is 3.44. The Balaban J connectivity index is 2.10. The first-order valence-corrected chi connectivity index (χ1v) is 6.56. The molecule has 2 heterocycles. The molecule has 0 saturated heterocycles. The van der Waals surface area contributed by atoms with Crippen molar-refractivity contribution >= 4 is 11.9 Å². The number of pyridine rings is 1. The first-order chi connectivity index (χ1) is 10.5. The van der Waals surface area contributed by atoms with Crippen LogP contribution in [0.3, 0.4) is 0 Å². The van der Waals surface area contributed by atoms with E-state index in [1.807, 2.05) is 30.3 Å². The van der Waals surface area contributed by atoms with Gasteiger partial charge in [-0.25, -0.2) is 4.98 Å². The highest BCUT2D eigenvalue weighted by Crippen LogP contribution is 2.29. The molecule has 0 atom stereocenters. The largest absolute Gasteiger partial charge is 0.417 e. The van der Waals surface area contributed by atoms with Crippen LogP contribution in [0.5, 0.6) is 0 Å². The second kappa shape index (κ2) is 5.29. The van der Waals surface area contributed by atoms with Gasteiger partial charge < -0.3 is 0 Å². The third kappa shape index (κ3) is 2.59. The molecule has 0 amide bonds. The Bertz CT molecular complexity index is 823. The lowest BCUT2D eigenvalue weighted by Crippen LogP contribution is -2.07. The number of alkyl halides is 3. The minimum Gasteiger partial charge on any atom is -0.296 e. The number of benzene rings is 1. The number of carbonyl (C=O) groups is 1. The number of hydrogen-bond donors (Lipinski definition) is 0. The van der Waals surface area contributed by atoms with Crippen LogP contribution in [0, 0.1) is 0 Å². The summed E-state index contributed by atoms with van der Waals surface area (Å²) >= 11 is 0. The number of imidazole rings is 1. The average Bonchev–Trinajstić information content (AvgIpc) is 2.83. The Morgan fingerprint density at radius 1 is 1.09 bits per heavy atom. The van der Waals surface area contributed by atoms with Gasteiger partial charge in [-0.05, 0) is 17.7 Å². The van der Waals surface area contributed by atoms with Gasteiger partial charge in [-0.1, -0.05) is 30.3 Å². The van der Waals surface area contributed by atoms with Crippen LogP contribution in [0.15, 0.2) is 48.7 Å². The summed E-state index contributed by atoms with van der Waals surface area (Å²) in [5, 5.41) is 0. The lowest BCUT2D eigenvalue weighted by molar-refractivity contribution is -0.137. The summed E-state index contributed by atoms with van der Waals surface area (Å²) in [6.07, 6.45) is -2.63. The van der Waals surface area contributed by atoms with E-state index in [9.17, 15) is 18.0 Å². The molecule has 0 fully saturated rings. The second-order valence-electron chi connectivity index (χ2n) is 4.87. The molecule has 0 aliphatic rings. The van der Waals surface area contributed by atoms with Gasteiger partial charge in [-0.3, -0.25) is 9.20 Å². The minimum absolute atomic E-state index is 0.143. The van der Waals surface area contributed by atoms with Crippen LogP contribution in [0.4, 0.5) is 13.2 Å². The predicted molar refractivity (Wildman–Crippen MR) is 74.8 cm³/mol. The fraction of sp³-hybridized carbons (Fsp3) is 0.125. The molecule has 3 nitrogen and oxygen atoms in total. The van der Waals surface area contributed by atoms with Crippen molar-refractivity contribution < 1.29 is 18.0 Å². The van der Waals surface area contributed by atoms with Crippen LogP contribution >= 0.6 is 0 Å². The molecule has 1 aromatic carbocycles. The Morgan fingerprint density at radius 3 is 2.45 bits per heavy atom. The number of halogens is 3. The van der Waals surface area contributed by atoms with Crippen LogP contribution in [0.2, 0.25) is 0 Å². The summed E-state index contributed by atoms with van der Waals surface area (Å²) in [7, 11) is 0. The molecule has 0 radical (unpaired) electrons. The van der Waals surface area contributed by atoms with E-state index in [1.54, 1.807) is 0 Å². The van der Waals surface area contributed by atoms with E-state index in [0.717, 1.165) is 17.8 Å². The van der Waals surface area contributed by atoms with Gasteiger partial charge in [0.2, 0.25) is 0 Å². The van der Waals surface area contributed by atoms with Gasteiger partial charge in [-0.2, -0.15) is 13.2 Å². The molecule has 6 heteroatoms. The molecule has 0 saturated carbocycles. The quantitative estimate of drug-likeness (QED) is 0.691. The molecule has 0 bridgehead atoms. The second-order valence-corrected chi connectivity index (χ2v) is 4.87. The van der Waals surface area contributed by atoms with Gasteiger partial charge in [0, 0.05) is 12.6 Å². The van der Waals surface area contributed by atoms with Crippen molar-refractivity contribution in [3.8, 4) is 0 Å². The van der Waals surface area contributed by atoms with Gasteiger partial charge in [0.25, 0.3) is 0 Å². The van der Waals surface area contributed by atoms with Crippen molar-refractivity contribution in [2.45, 2.75) is 12.6 Å². The lowest BCUT2D eigenvalue weighted by atomic mass is 10.1. The summed E-state index contributed by atoms with van der Waals surface area (Å²) < 4.78 is 39.5. The zero-order chi connectivity index (χ0) is 15.7. The molecule has 22 heavy (non-hydrogen) atoms. The predicted octanol–water partition coefficient (Wildman–Crippen LogP) is 3.76. The first-order valence-electron chi connectivity index (χ1n) is 6.56. The van der Waals surface area contributed by atoms with Crippen LogP contribution in [-0.4, -0.2) is 15.7 Å². The molecular weight excluding hydrogens is 293 g/mol. The van der Waals surface area contributed by atoms with Crippen LogP contribution in [0.1, 0.15) is 27.3 Å². The molecule has 3 rings (SSSR count). The number of hydrogen-bond acceptors (Lipinski definition) is 2. The van der Waals surface area contributed by atoms with Gasteiger partial charge in [0.1, 0.15) is 11.3 Å². The maximum Gasteiger partial charge on any atom is 0.417 e. The number of aromatic nitrogens is 2. The smallest absolute Gasteiger partial charge is 0.296 e. The number of nitrogens with zero attached hydrogens (tertiary/aromatic N) is 2. The van der Waals surface area contributed by atoms with Crippen molar-refractivity contribution in [1.29, 1.82) is 0 Å². The van der Waals surface area contributed by atoms with E-state index in [-0.39, 0.29) is 5.69 Å². The van der Waals surface area contributed by atoms with Crippen molar-refractivity contribution in [2.24, 2.45) is 0 Å². The van der Waals surface area contributed by atoms with Gasteiger partial charge in [-0.15, -0.1) is 0 Å². The topological polar surface area (TPSA) is 34.4 Å². The summed E-state index contributed by atoms with van der Waals surface area (Å²) in [5.74, 6) is 0. The number of aldehydes is 1. The normalized spacial score (nSPS) is 11.8. The fourth-order valence-electron chi connectivity index (χ4n) is 2.32. The summed E-state index contributed by atoms with van der Waals surface area (Å²) in [4.78, 5) is 15.6. The van der Waals surface area contributed by atoms with Crippen LogP contribution < -0.4 is 0 Å². The molecule has 2 aromatic heterocycles. The standard InChI is InChI=1S/C16H11F3N2O/c17-16(18,19)12-6-7-15-20-13(14(10-22)21(15)9-12)8-11-4-2-1-3-5-11/h1-7,9-10H,8H2. The molecule has 0 N–H and O–H groups in total.